The number of esters is 2. The molecule has 0 rings (SSSR count). The average molecular weight is 745 g/mol. The van der Waals surface area contributed by atoms with Gasteiger partial charge in [0.05, 0.1) is 26.2 Å². The third-order valence-electron chi connectivity index (χ3n) is 8.30. The number of phosphoric acid groups is 1. The third kappa shape index (κ3) is 36.3. The van der Waals surface area contributed by atoms with Gasteiger partial charge in [0.15, 0.2) is 6.10 Å². The van der Waals surface area contributed by atoms with Gasteiger partial charge >= 0.3 is 19.8 Å². The van der Waals surface area contributed by atoms with Crippen LogP contribution in [0.25, 0.3) is 0 Å². The summed E-state index contributed by atoms with van der Waals surface area (Å²) in [6.45, 7) is 2.26. The molecule has 0 amide bonds. The molecule has 51 heavy (non-hydrogen) atoms. The van der Waals surface area contributed by atoms with E-state index in [1.807, 2.05) is 6.08 Å². The summed E-state index contributed by atoms with van der Waals surface area (Å²) in [5, 5.41) is 18.3. The summed E-state index contributed by atoms with van der Waals surface area (Å²) >= 11 is 0. The minimum Gasteiger partial charge on any atom is -0.462 e. The van der Waals surface area contributed by atoms with Gasteiger partial charge in [0.25, 0.3) is 0 Å². The Bertz CT molecular complexity index is 952. The Morgan fingerprint density at radius 2 is 1.08 bits per heavy atom. The zero-order valence-electron chi connectivity index (χ0n) is 32.1. The van der Waals surface area contributed by atoms with Gasteiger partial charge in [0.1, 0.15) is 12.7 Å². The van der Waals surface area contributed by atoms with Gasteiger partial charge in [-0.2, -0.15) is 0 Å². The highest BCUT2D eigenvalue weighted by molar-refractivity contribution is 7.47. The van der Waals surface area contributed by atoms with Gasteiger partial charge in [-0.05, 0) is 51.4 Å². The van der Waals surface area contributed by atoms with Gasteiger partial charge in [-0.15, -0.1) is 0 Å². The third-order valence-corrected chi connectivity index (χ3v) is 9.25. The largest absolute Gasteiger partial charge is 0.472 e. The molecule has 0 aromatic rings. The molecule has 0 aromatic carbocycles. The Hall–Kier alpha value is -1.81. The number of carbonyl (C=O) groups is 2. The molecule has 2 unspecified atom stereocenters. The first-order chi connectivity index (χ1) is 24.7. The molecular formula is C40H73O10P. The summed E-state index contributed by atoms with van der Waals surface area (Å²) in [4.78, 5) is 34.8. The number of hydrogen-bond donors (Lipinski definition) is 3. The van der Waals surface area contributed by atoms with Crippen LogP contribution in [0.3, 0.4) is 0 Å². The maximum Gasteiger partial charge on any atom is 0.472 e. The standard InChI is InChI=1S/C40H73O10P/c1-3-5-7-9-11-13-15-17-18-20-21-23-25-27-29-31-39(43)47-35-38(36-49-51(45,46)48-34-37(42)33-41)50-40(44)32-30-28-26-24-22-19-16-14-12-10-8-6-4-2/h11,13,17-18,28,30,37-38,41-42H,3-10,12,14-16,19-27,29,31-36H2,1-2H3,(H,45,46)/b13-11-,18-17-,30-28+/t37?,38-/m1/s1. The Morgan fingerprint density at radius 3 is 1.65 bits per heavy atom. The lowest BCUT2D eigenvalue weighted by molar-refractivity contribution is -0.160. The number of rotatable bonds is 37. The highest BCUT2D eigenvalue weighted by atomic mass is 31.2. The van der Waals surface area contributed by atoms with Crippen molar-refractivity contribution >= 4 is 19.8 Å². The summed E-state index contributed by atoms with van der Waals surface area (Å²) in [6.07, 6.45) is 35.6. The van der Waals surface area contributed by atoms with E-state index in [9.17, 15) is 24.2 Å². The maximum absolute atomic E-state index is 12.5. The highest BCUT2D eigenvalue weighted by Crippen LogP contribution is 2.43. The zero-order chi connectivity index (χ0) is 37.7. The van der Waals surface area contributed by atoms with E-state index in [0.717, 1.165) is 64.2 Å². The average Bonchev–Trinajstić information content (AvgIpc) is 3.12. The fourth-order valence-corrected chi connectivity index (χ4v) is 5.97. The molecule has 3 N–H and O–H groups in total. The number of ether oxygens (including phenoxy) is 2. The lowest BCUT2D eigenvalue weighted by Crippen LogP contribution is -2.29. The molecule has 10 nitrogen and oxygen atoms in total. The maximum atomic E-state index is 12.5. The second-order valence-corrected chi connectivity index (χ2v) is 14.8. The number of aliphatic hydroxyl groups excluding tert-OH is 2. The molecule has 3 atom stereocenters. The van der Waals surface area contributed by atoms with Crippen LogP contribution in [0.15, 0.2) is 36.5 Å². The molecule has 0 fully saturated rings. The number of aliphatic hydroxyl groups is 2. The molecule has 0 aliphatic rings. The Kier molecular flexibility index (Phi) is 35.2. The first kappa shape index (κ1) is 49.2. The van der Waals surface area contributed by atoms with Crippen LogP contribution in [0.2, 0.25) is 0 Å². The number of phosphoric ester groups is 1. The molecule has 0 heterocycles. The van der Waals surface area contributed by atoms with Crippen LogP contribution >= 0.6 is 7.82 Å². The lowest BCUT2D eigenvalue weighted by Gasteiger charge is -2.20. The smallest absolute Gasteiger partial charge is 0.462 e. The van der Waals surface area contributed by atoms with Crippen molar-refractivity contribution in [3.8, 4) is 0 Å². The van der Waals surface area contributed by atoms with Crippen molar-refractivity contribution in [3.63, 3.8) is 0 Å². The van der Waals surface area contributed by atoms with E-state index < -0.39 is 51.8 Å². The van der Waals surface area contributed by atoms with E-state index in [-0.39, 0.29) is 19.4 Å². The van der Waals surface area contributed by atoms with Gasteiger partial charge < -0.3 is 24.6 Å². The minimum atomic E-state index is -4.63. The van der Waals surface area contributed by atoms with Crippen molar-refractivity contribution in [1.29, 1.82) is 0 Å². The predicted molar refractivity (Wildman–Crippen MR) is 205 cm³/mol. The molecule has 0 saturated heterocycles. The lowest BCUT2D eigenvalue weighted by atomic mass is 10.1. The molecule has 0 spiro atoms. The normalized spacial score (nSPS) is 14.4. The van der Waals surface area contributed by atoms with Crippen molar-refractivity contribution in [1.82, 2.24) is 0 Å². The predicted octanol–water partition coefficient (Wildman–Crippen LogP) is 10.00. The van der Waals surface area contributed by atoms with Crippen molar-refractivity contribution in [3.05, 3.63) is 36.5 Å². The number of allylic oxidation sites excluding steroid dienone is 5. The quantitative estimate of drug-likeness (QED) is 0.0243. The fourth-order valence-electron chi connectivity index (χ4n) is 5.18. The van der Waals surface area contributed by atoms with E-state index in [0.29, 0.717) is 6.42 Å². The highest BCUT2D eigenvalue weighted by Gasteiger charge is 2.27. The summed E-state index contributed by atoms with van der Waals surface area (Å²) < 4.78 is 32.5. The first-order valence-corrected chi connectivity index (χ1v) is 21.4. The Morgan fingerprint density at radius 1 is 0.608 bits per heavy atom. The zero-order valence-corrected chi connectivity index (χ0v) is 33.0. The molecule has 0 bridgehead atoms. The summed E-state index contributed by atoms with van der Waals surface area (Å²) in [6, 6.07) is 0. The monoisotopic (exact) mass is 744 g/mol. The van der Waals surface area contributed by atoms with Crippen molar-refractivity contribution in [2.45, 2.75) is 180 Å². The van der Waals surface area contributed by atoms with Gasteiger partial charge in [-0.3, -0.25) is 18.6 Å². The molecule has 11 heteroatoms. The van der Waals surface area contributed by atoms with Crippen LogP contribution in [0.5, 0.6) is 0 Å². The molecule has 0 aliphatic carbocycles. The molecule has 0 radical (unpaired) electrons. The topological polar surface area (TPSA) is 149 Å². The molecule has 0 aliphatic heterocycles. The minimum absolute atomic E-state index is 0.00412. The van der Waals surface area contributed by atoms with Crippen LogP contribution in [0.4, 0.5) is 0 Å². The van der Waals surface area contributed by atoms with Crippen LogP contribution < -0.4 is 0 Å². The molecule has 0 aromatic heterocycles. The molecular weight excluding hydrogens is 671 g/mol. The Balaban J connectivity index is 4.42. The van der Waals surface area contributed by atoms with E-state index in [1.165, 1.54) is 70.6 Å². The molecule has 298 valence electrons. The Labute approximate surface area is 310 Å². The summed E-state index contributed by atoms with van der Waals surface area (Å²) in [7, 11) is -4.63. The van der Waals surface area contributed by atoms with Crippen LogP contribution in [-0.4, -0.2) is 65.7 Å². The van der Waals surface area contributed by atoms with Crippen LogP contribution in [0, 0.1) is 0 Å². The number of hydrogen-bond acceptors (Lipinski definition) is 9. The van der Waals surface area contributed by atoms with Gasteiger partial charge in [0.2, 0.25) is 0 Å². The van der Waals surface area contributed by atoms with Gasteiger partial charge in [-0.25, -0.2) is 4.57 Å². The number of carbonyl (C=O) groups excluding carboxylic acids is 2. The van der Waals surface area contributed by atoms with E-state index >= 15 is 0 Å². The van der Waals surface area contributed by atoms with E-state index in [2.05, 4.69) is 42.7 Å². The van der Waals surface area contributed by atoms with E-state index in [1.54, 1.807) is 6.08 Å². The van der Waals surface area contributed by atoms with Crippen LogP contribution in [0.1, 0.15) is 168 Å². The van der Waals surface area contributed by atoms with Crippen LogP contribution in [-0.2, 0) is 32.7 Å². The van der Waals surface area contributed by atoms with Gasteiger partial charge in [-0.1, -0.05) is 140 Å². The van der Waals surface area contributed by atoms with Crippen molar-refractivity contribution < 1.29 is 47.8 Å². The first-order valence-electron chi connectivity index (χ1n) is 19.9. The second kappa shape index (κ2) is 36.5. The summed E-state index contributed by atoms with van der Waals surface area (Å²) in [5.74, 6) is -1.04. The summed E-state index contributed by atoms with van der Waals surface area (Å²) in [5.41, 5.74) is 0. The van der Waals surface area contributed by atoms with Crippen molar-refractivity contribution in [2.75, 3.05) is 26.4 Å². The second-order valence-electron chi connectivity index (χ2n) is 13.3. The van der Waals surface area contributed by atoms with E-state index in [4.69, 9.17) is 19.1 Å². The SMILES string of the molecule is CCCCC/C=C\C/C=C\CCCCCCCC(=O)OC[C@H](COP(=O)(O)OCC(O)CO)OC(=O)C/C=C/CCCCCCCCCCCC. The fraction of sp³-hybridized carbons (Fsp3) is 0.800. The number of unbranched alkanes of at least 4 members (excludes halogenated alkanes) is 18. The molecule has 0 saturated carbocycles. The van der Waals surface area contributed by atoms with Crippen molar-refractivity contribution in [2.24, 2.45) is 0 Å². The van der Waals surface area contributed by atoms with Gasteiger partial charge in [0, 0.05) is 6.42 Å².